The summed E-state index contributed by atoms with van der Waals surface area (Å²) in [6, 6.07) is 7.73. The maximum absolute atomic E-state index is 11.3. The molecular formula is C13H19N5OS. The predicted octanol–water partition coefficient (Wildman–Crippen LogP) is 1.48. The zero-order valence-corrected chi connectivity index (χ0v) is 12.4. The van der Waals surface area contributed by atoms with Crippen LogP contribution in [-0.2, 0) is 10.8 Å². The van der Waals surface area contributed by atoms with Gasteiger partial charge in [-0.1, -0.05) is 19.1 Å². The van der Waals surface area contributed by atoms with Crippen LogP contribution < -0.4 is 16.6 Å². The first kappa shape index (κ1) is 14.7. The van der Waals surface area contributed by atoms with E-state index < -0.39 is 10.8 Å². The maximum Gasteiger partial charge on any atom is 0.239 e. The molecule has 0 aliphatic carbocycles. The number of aromatic nitrogens is 2. The molecule has 2 unspecified atom stereocenters. The minimum Gasteiger partial charge on any atom is -0.369 e. The minimum atomic E-state index is -0.806. The lowest BCUT2D eigenvalue weighted by molar-refractivity contribution is 0.672. The Kier molecular flexibility index (Phi) is 4.86. The van der Waals surface area contributed by atoms with Crippen molar-refractivity contribution in [3.63, 3.8) is 0 Å². The van der Waals surface area contributed by atoms with Crippen molar-refractivity contribution in [3.05, 3.63) is 24.3 Å². The van der Waals surface area contributed by atoms with E-state index in [2.05, 4.69) is 20.7 Å². The van der Waals surface area contributed by atoms with Crippen molar-refractivity contribution < 1.29 is 4.21 Å². The van der Waals surface area contributed by atoms with Crippen molar-refractivity contribution in [1.82, 2.24) is 9.97 Å². The Labute approximate surface area is 120 Å². The molecule has 108 valence electrons. The molecule has 20 heavy (non-hydrogen) atoms. The molecule has 2 aromatic rings. The highest BCUT2D eigenvalue weighted by Gasteiger charge is 2.09. The second kappa shape index (κ2) is 6.62. The third kappa shape index (κ3) is 3.43. The van der Waals surface area contributed by atoms with Crippen LogP contribution in [0, 0.1) is 0 Å². The summed E-state index contributed by atoms with van der Waals surface area (Å²) in [4.78, 5) is 8.62. The average Bonchev–Trinajstić information content (AvgIpc) is 2.46. The first-order chi connectivity index (χ1) is 9.61. The maximum atomic E-state index is 11.3. The van der Waals surface area contributed by atoms with Gasteiger partial charge in [-0.15, -0.1) is 0 Å². The summed E-state index contributed by atoms with van der Waals surface area (Å²) in [7, 11) is -0.806. The summed E-state index contributed by atoms with van der Waals surface area (Å²) in [6.07, 6.45) is 2.54. The molecule has 0 radical (unpaired) electrons. The van der Waals surface area contributed by atoms with E-state index in [4.69, 9.17) is 5.84 Å². The zero-order chi connectivity index (χ0) is 14.5. The Hall–Kier alpha value is -1.73. The molecule has 4 N–H and O–H groups in total. The summed E-state index contributed by atoms with van der Waals surface area (Å²) in [5, 5.41) is 4.36. The standard InChI is InChI=1S/C13H19N5OS/c1-9(20(2)19)7-8-15-12-10-5-3-4-6-11(10)16-13(17-12)18-14/h3-6,9H,7-8,14H2,1-2H3,(H2,15,16,17,18). The molecule has 0 aliphatic rings. The third-order valence-corrected chi connectivity index (χ3v) is 4.51. The van der Waals surface area contributed by atoms with Gasteiger partial charge in [-0.05, 0) is 18.6 Å². The molecular weight excluding hydrogens is 274 g/mol. The SMILES string of the molecule is CC(CCNc1nc(NN)nc2ccccc12)S(C)=O. The normalized spacial score (nSPS) is 13.9. The number of nitrogens with two attached hydrogens (primary N) is 1. The largest absolute Gasteiger partial charge is 0.369 e. The van der Waals surface area contributed by atoms with Crippen LogP contribution in [0.1, 0.15) is 13.3 Å². The van der Waals surface area contributed by atoms with Crippen LogP contribution in [0.4, 0.5) is 11.8 Å². The minimum absolute atomic E-state index is 0.155. The van der Waals surface area contributed by atoms with Gasteiger partial charge < -0.3 is 5.32 Å². The number of hydrogen-bond donors (Lipinski definition) is 3. The molecule has 1 aromatic carbocycles. The molecule has 0 saturated heterocycles. The van der Waals surface area contributed by atoms with Gasteiger partial charge in [0.1, 0.15) is 5.82 Å². The van der Waals surface area contributed by atoms with Gasteiger partial charge in [0, 0.05) is 34.2 Å². The topological polar surface area (TPSA) is 92.9 Å². The van der Waals surface area contributed by atoms with E-state index in [0.29, 0.717) is 12.5 Å². The lowest BCUT2D eigenvalue weighted by Crippen LogP contribution is -2.16. The fraction of sp³-hybridized carbons (Fsp3) is 0.385. The summed E-state index contributed by atoms with van der Waals surface area (Å²) in [5.41, 5.74) is 3.29. The van der Waals surface area contributed by atoms with Crippen molar-refractivity contribution in [1.29, 1.82) is 0 Å². The molecule has 0 fully saturated rings. The fourth-order valence-corrected chi connectivity index (χ4v) is 2.29. The molecule has 1 aromatic heterocycles. The number of nitrogen functional groups attached to an aromatic ring is 1. The second-order valence-corrected chi connectivity index (χ2v) is 6.38. The van der Waals surface area contributed by atoms with Gasteiger partial charge in [0.2, 0.25) is 5.95 Å². The van der Waals surface area contributed by atoms with Gasteiger partial charge in [-0.2, -0.15) is 4.98 Å². The third-order valence-electron chi connectivity index (χ3n) is 3.14. The van der Waals surface area contributed by atoms with Crippen molar-refractivity contribution >= 4 is 33.5 Å². The number of nitrogens with zero attached hydrogens (tertiary/aromatic N) is 2. The highest BCUT2D eigenvalue weighted by atomic mass is 32.2. The van der Waals surface area contributed by atoms with Gasteiger partial charge in [0.05, 0.1) is 5.52 Å². The number of para-hydroxylation sites is 1. The second-order valence-electron chi connectivity index (χ2n) is 4.58. The summed E-state index contributed by atoms with van der Waals surface area (Å²) >= 11 is 0. The Bertz CT molecular complexity index is 619. The number of hydrazine groups is 1. The molecule has 6 nitrogen and oxygen atoms in total. The number of rotatable bonds is 6. The van der Waals surface area contributed by atoms with Gasteiger partial charge >= 0.3 is 0 Å². The van der Waals surface area contributed by atoms with E-state index in [-0.39, 0.29) is 5.25 Å². The smallest absolute Gasteiger partial charge is 0.239 e. The first-order valence-electron chi connectivity index (χ1n) is 6.41. The van der Waals surface area contributed by atoms with Crippen LogP contribution in [0.3, 0.4) is 0 Å². The van der Waals surface area contributed by atoms with Gasteiger partial charge in [0.25, 0.3) is 0 Å². The Morgan fingerprint density at radius 2 is 2.10 bits per heavy atom. The van der Waals surface area contributed by atoms with Crippen LogP contribution in [-0.4, -0.2) is 32.2 Å². The molecule has 7 heteroatoms. The molecule has 0 spiro atoms. The molecule has 1 heterocycles. The van der Waals surface area contributed by atoms with Gasteiger partial charge in [-0.25, -0.2) is 10.8 Å². The number of anilines is 2. The van der Waals surface area contributed by atoms with E-state index in [1.54, 1.807) is 6.26 Å². The summed E-state index contributed by atoms with van der Waals surface area (Å²) in [5.74, 6) is 6.49. The Morgan fingerprint density at radius 3 is 2.80 bits per heavy atom. The first-order valence-corrected chi connectivity index (χ1v) is 8.03. The molecule has 2 rings (SSSR count). The quantitative estimate of drug-likeness (QED) is 0.552. The lowest BCUT2D eigenvalue weighted by Gasteiger charge is -2.12. The average molecular weight is 293 g/mol. The highest BCUT2D eigenvalue weighted by Crippen LogP contribution is 2.21. The molecule has 0 saturated carbocycles. The number of fused-ring (bicyclic) bond motifs is 1. The van der Waals surface area contributed by atoms with Crippen molar-refractivity contribution in [3.8, 4) is 0 Å². The van der Waals surface area contributed by atoms with Crippen molar-refractivity contribution in [2.45, 2.75) is 18.6 Å². The van der Waals surface area contributed by atoms with E-state index >= 15 is 0 Å². The highest BCUT2D eigenvalue weighted by molar-refractivity contribution is 7.84. The summed E-state index contributed by atoms with van der Waals surface area (Å²) < 4.78 is 11.3. The molecule has 0 aliphatic heterocycles. The molecule has 2 atom stereocenters. The van der Waals surface area contributed by atoms with E-state index in [1.807, 2.05) is 31.2 Å². The van der Waals surface area contributed by atoms with Crippen LogP contribution in [0.15, 0.2) is 24.3 Å². The zero-order valence-electron chi connectivity index (χ0n) is 11.6. The monoisotopic (exact) mass is 293 g/mol. The van der Waals surface area contributed by atoms with E-state index in [9.17, 15) is 4.21 Å². The predicted molar refractivity (Wildman–Crippen MR) is 84.0 cm³/mol. The van der Waals surface area contributed by atoms with Crippen LogP contribution in [0.5, 0.6) is 0 Å². The van der Waals surface area contributed by atoms with Crippen molar-refractivity contribution in [2.75, 3.05) is 23.5 Å². The van der Waals surface area contributed by atoms with Crippen LogP contribution in [0.2, 0.25) is 0 Å². The van der Waals surface area contributed by atoms with Crippen LogP contribution in [0.25, 0.3) is 10.9 Å². The lowest BCUT2D eigenvalue weighted by atomic mass is 10.2. The fourth-order valence-electron chi connectivity index (χ4n) is 1.84. The van der Waals surface area contributed by atoms with E-state index in [1.165, 1.54) is 0 Å². The Morgan fingerprint density at radius 1 is 1.35 bits per heavy atom. The van der Waals surface area contributed by atoms with Gasteiger partial charge in [-0.3, -0.25) is 9.63 Å². The molecule has 0 amide bonds. The van der Waals surface area contributed by atoms with Crippen LogP contribution >= 0.6 is 0 Å². The summed E-state index contributed by atoms with van der Waals surface area (Å²) in [6.45, 7) is 2.68. The number of nitrogens with one attached hydrogen (secondary N) is 2. The van der Waals surface area contributed by atoms with Crippen molar-refractivity contribution in [2.24, 2.45) is 5.84 Å². The van der Waals surface area contributed by atoms with Gasteiger partial charge in [0.15, 0.2) is 0 Å². The molecule has 0 bridgehead atoms. The number of benzene rings is 1. The number of hydrogen-bond acceptors (Lipinski definition) is 6. The van der Waals surface area contributed by atoms with E-state index in [0.717, 1.165) is 23.1 Å². The Balaban J connectivity index is 2.18.